The normalized spacial score (nSPS) is 11.3. The van der Waals surface area contributed by atoms with Gasteiger partial charge in [-0.3, -0.25) is 19.2 Å². The fourth-order valence-corrected chi connectivity index (χ4v) is 3.66. The van der Waals surface area contributed by atoms with E-state index in [2.05, 4.69) is 31.2 Å². The van der Waals surface area contributed by atoms with Crippen molar-refractivity contribution in [2.45, 2.75) is 54.4 Å². The van der Waals surface area contributed by atoms with Gasteiger partial charge in [0.15, 0.2) is 0 Å². The number of carbonyl (C=O) groups excluding carboxylic acids is 4. The minimum Gasteiger partial charge on any atom is -0.311 e. The van der Waals surface area contributed by atoms with Crippen molar-refractivity contribution >= 4 is 46.9 Å². The summed E-state index contributed by atoms with van der Waals surface area (Å²) in [5.41, 5.74) is 0.142. The predicted octanol–water partition coefficient (Wildman–Crippen LogP) is 5.73. The van der Waals surface area contributed by atoms with Gasteiger partial charge in [0.05, 0.1) is 0 Å². The summed E-state index contributed by atoms with van der Waals surface area (Å²) in [7, 11) is 0. The summed E-state index contributed by atoms with van der Waals surface area (Å²) in [6.07, 6.45) is 0.650. The van der Waals surface area contributed by atoms with Gasteiger partial charge in [-0.15, -0.1) is 0 Å². The van der Waals surface area contributed by atoms with Gasteiger partial charge in [-0.05, 0) is 53.3 Å². The van der Waals surface area contributed by atoms with Crippen LogP contribution in [0.5, 0.6) is 0 Å². The van der Waals surface area contributed by atoms with Crippen LogP contribution in [0.25, 0.3) is 0 Å². The number of nitrogens with zero attached hydrogens (tertiary/aromatic N) is 2. The molecule has 10 heteroatoms. The van der Waals surface area contributed by atoms with Gasteiger partial charge in [-0.25, -0.2) is 9.97 Å². The van der Waals surface area contributed by atoms with Crippen molar-refractivity contribution in [2.24, 2.45) is 10.8 Å². The Bertz CT molecular complexity index is 1300. The monoisotopic (exact) mass is 544 g/mol. The largest absolute Gasteiger partial charge is 0.311 e. The van der Waals surface area contributed by atoms with E-state index in [1.165, 1.54) is 6.07 Å². The highest BCUT2D eigenvalue weighted by Crippen LogP contribution is 2.21. The summed E-state index contributed by atoms with van der Waals surface area (Å²) in [4.78, 5) is 58.8. The number of anilines is 4. The SMILES string of the molecule is CC(C)(C)CC(=O)Nc1cccc(NC(=O)c2cccc(C(=O)Nc3cccc(NC(=O)CC(C)(C)C)n3)c2)n1. The smallest absolute Gasteiger partial charge is 0.256 e. The fraction of sp³-hybridized carbons (Fsp3) is 0.333. The first-order valence-electron chi connectivity index (χ1n) is 12.9. The second-order valence-corrected chi connectivity index (χ2v) is 11.9. The molecule has 0 aliphatic carbocycles. The minimum absolute atomic E-state index is 0.172. The first-order chi connectivity index (χ1) is 18.7. The Morgan fingerprint density at radius 2 is 0.875 bits per heavy atom. The van der Waals surface area contributed by atoms with Crippen LogP contribution in [0.15, 0.2) is 60.7 Å². The lowest BCUT2D eigenvalue weighted by molar-refractivity contribution is -0.118. The molecule has 10 nitrogen and oxygen atoms in total. The molecule has 0 aliphatic rings. The quantitative estimate of drug-likeness (QED) is 0.285. The Hall–Kier alpha value is -4.60. The molecule has 3 rings (SSSR count). The van der Waals surface area contributed by atoms with Crippen LogP contribution in [-0.4, -0.2) is 33.6 Å². The maximum atomic E-state index is 12.9. The Kier molecular flexibility index (Phi) is 9.36. The van der Waals surface area contributed by atoms with Gasteiger partial charge in [0.25, 0.3) is 11.8 Å². The average Bonchev–Trinajstić information content (AvgIpc) is 2.82. The van der Waals surface area contributed by atoms with Crippen molar-refractivity contribution < 1.29 is 19.2 Å². The van der Waals surface area contributed by atoms with Crippen LogP contribution in [0.1, 0.15) is 75.1 Å². The number of hydrogen-bond acceptors (Lipinski definition) is 6. The zero-order chi connectivity index (χ0) is 29.5. The summed E-state index contributed by atoms with van der Waals surface area (Å²) >= 11 is 0. The lowest BCUT2D eigenvalue weighted by Crippen LogP contribution is -2.21. The second kappa shape index (κ2) is 12.5. The molecule has 1 aromatic carbocycles. The van der Waals surface area contributed by atoms with E-state index in [-0.39, 0.29) is 45.4 Å². The van der Waals surface area contributed by atoms with E-state index in [4.69, 9.17) is 0 Å². The third kappa shape index (κ3) is 9.94. The highest BCUT2D eigenvalue weighted by molar-refractivity contribution is 6.08. The van der Waals surface area contributed by atoms with Crippen molar-refractivity contribution in [3.8, 4) is 0 Å². The maximum Gasteiger partial charge on any atom is 0.256 e. The van der Waals surface area contributed by atoms with Crippen molar-refractivity contribution in [3.63, 3.8) is 0 Å². The van der Waals surface area contributed by atoms with Crippen LogP contribution in [-0.2, 0) is 9.59 Å². The molecule has 0 fully saturated rings. The molecule has 0 aliphatic heterocycles. The van der Waals surface area contributed by atoms with Crippen molar-refractivity contribution in [1.82, 2.24) is 9.97 Å². The molecule has 0 unspecified atom stereocenters. The molecule has 210 valence electrons. The lowest BCUT2D eigenvalue weighted by Gasteiger charge is -2.17. The van der Waals surface area contributed by atoms with Crippen LogP contribution >= 0.6 is 0 Å². The number of amides is 4. The second-order valence-electron chi connectivity index (χ2n) is 11.9. The van der Waals surface area contributed by atoms with E-state index in [9.17, 15) is 19.2 Å². The highest BCUT2D eigenvalue weighted by atomic mass is 16.2. The molecule has 4 N–H and O–H groups in total. The van der Waals surface area contributed by atoms with E-state index >= 15 is 0 Å². The fourth-order valence-electron chi connectivity index (χ4n) is 3.66. The molecule has 2 aromatic heterocycles. The predicted molar refractivity (Wildman–Crippen MR) is 156 cm³/mol. The molecule has 3 aromatic rings. The summed E-state index contributed by atoms with van der Waals surface area (Å²) in [5, 5.41) is 10.9. The molecule has 2 heterocycles. The number of hydrogen-bond donors (Lipinski definition) is 4. The molecule has 4 amide bonds. The Morgan fingerprint density at radius 3 is 1.23 bits per heavy atom. The van der Waals surface area contributed by atoms with Crippen molar-refractivity contribution in [2.75, 3.05) is 21.3 Å². The third-order valence-electron chi connectivity index (χ3n) is 5.29. The van der Waals surface area contributed by atoms with Crippen molar-refractivity contribution in [3.05, 3.63) is 71.8 Å². The summed E-state index contributed by atoms with van der Waals surface area (Å²) in [6, 6.07) is 16.0. The number of carbonyl (C=O) groups is 4. The molecule has 0 radical (unpaired) electrons. The van der Waals surface area contributed by atoms with E-state index in [1.54, 1.807) is 54.6 Å². The maximum absolute atomic E-state index is 12.9. The van der Waals surface area contributed by atoms with Gasteiger partial charge < -0.3 is 21.3 Å². The van der Waals surface area contributed by atoms with Crippen LogP contribution in [0.3, 0.4) is 0 Å². The minimum atomic E-state index is -0.470. The zero-order valence-electron chi connectivity index (χ0n) is 23.7. The van der Waals surface area contributed by atoms with Crippen LogP contribution in [0.2, 0.25) is 0 Å². The van der Waals surface area contributed by atoms with Crippen molar-refractivity contribution in [1.29, 1.82) is 0 Å². The Balaban J connectivity index is 1.64. The summed E-state index contributed by atoms with van der Waals surface area (Å²) < 4.78 is 0. The van der Waals surface area contributed by atoms with Gasteiger partial charge in [-0.1, -0.05) is 59.7 Å². The number of aromatic nitrogens is 2. The standard InChI is InChI=1S/C30H36N6O4/c1-29(2,3)17-25(37)33-21-12-8-14-23(31-21)35-27(39)19-10-7-11-20(16-19)28(40)36-24-15-9-13-22(32-24)34-26(38)18-30(4,5)6/h7-16H,17-18H2,1-6H3,(H2,31,33,35,37,39)(H2,32,34,36,38,40). The average molecular weight is 545 g/mol. The topological polar surface area (TPSA) is 142 Å². The van der Waals surface area contributed by atoms with E-state index in [0.29, 0.717) is 24.5 Å². The van der Waals surface area contributed by atoms with Gasteiger partial charge in [-0.2, -0.15) is 0 Å². The molecular weight excluding hydrogens is 508 g/mol. The van der Waals surface area contributed by atoms with E-state index in [1.807, 2.05) is 41.5 Å². The highest BCUT2D eigenvalue weighted by Gasteiger charge is 2.18. The summed E-state index contributed by atoms with van der Waals surface area (Å²) in [6.45, 7) is 11.8. The molecule has 0 saturated heterocycles. The lowest BCUT2D eigenvalue weighted by atomic mass is 9.92. The molecular formula is C30H36N6O4. The Morgan fingerprint density at radius 1 is 0.550 bits per heavy atom. The molecule has 0 atom stereocenters. The number of rotatable bonds is 8. The molecule has 40 heavy (non-hydrogen) atoms. The van der Waals surface area contributed by atoms with Gasteiger partial charge in [0, 0.05) is 24.0 Å². The van der Waals surface area contributed by atoms with Gasteiger partial charge in [0.2, 0.25) is 11.8 Å². The van der Waals surface area contributed by atoms with Crippen LogP contribution in [0.4, 0.5) is 23.3 Å². The Labute approximate surface area is 234 Å². The van der Waals surface area contributed by atoms with Gasteiger partial charge in [0.1, 0.15) is 23.3 Å². The van der Waals surface area contributed by atoms with E-state index < -0.39 is 11.8 Å². The molecule has 0 bridgehead atoms. The molecule has 0 spiro atoms. The van der Waals surface area contributed by atoms with Crippen LogP contribution < -0.4 is 21.3 Å². The molecule has 0 saturated carbocycles. The van der Waals surface area contributed by atoms with Gasteiger partial charge >= 0.3 is 0 Å². The first-order valence-corrected chi connectivity index (χ1v) is 12.9. The zero-order valence-corrected chi connectivity index (χ0v) is 23.7. The summed E-state index contributed by atoms with van der Waals surface area (Å²) in [5.74, 6) is -0.132. The first kappa shape index (κ1) is 29.9. The number of pyridine rings is 2. The van der Waals surface area contributed by atoms with E-state index in [0.717, 1.165) is 0 Å². The number of nitrogens with one attached hydrogen (secondary N) is 4. The third-order valence-corrected chi connectivity index (χ3v) is 5.29. The van der Waals surface area contributed by atoms with Crippen LogP contribution in [0, 0.1) is 10.8 Å². The number of benzene rings is 1.